The van der Waals surface area contributed by atoms with Crippen LogP contribution in [0, 0.1) is 0 Å². The fourth-order valence-electron chi connectivity index (χ4n) is 9.20. The number of hydrogen-bond acceptors (Lipinski definition) is 2. The number of benzene rings is 11. The molecule has 2 heteroatoms. The predicted molar refractivity (Wildman–Crippen MR) is 255 cm³/mol. The fourth-order valence-corrected chi connectivity index (χ4v) is 9.20. The SMILES string of the molecule is c1cc(-c2ccc(N(c3ccc4c(ccc5ccccc54)c3)c3ccccc3-c3ccc4oc5c6ccccc6ccc5c4c3)cc2)cc(-c2ccc3ccccc3c2)c1. The molecule has 0 aliphatic heterocycles. The summed E-state index contributed by atoms with van der Waals surface area (Å²) in [4.78, 5) is 2.41. The fraction of sp³-hybridized carbons (Fsp3) is 0. The van der Waals surface area contributed by atoms with Crippen LogP contribution in [0.1, 0.15) is 0 Å². The molecule has 0 saturated carbocycles. The number of rotatable bonds is 6. The van der Waals surface area contributed by atoms with Gasteiger partial charge in [-0.05, 0) is 126 Å². The van der Waals surface area contributed by atoms with E-state index >= 15 is 0 Å². The lowest BCUT2D eigenvalue weighted by molar-refractivity contribution is 0.672. The summed E-state index contributed by atoms with van der Waals surface area (Å²) in [5.41, 5.74) is 12.1. The van der Waals surface area contributed by atoms with Gasteiger partial charge in [0.05, 0.1) is 5.69 Å². The van der Waals surface area contributed by atoms with Crippen molar-refractivity contribution in [3.05, 3.63) is 224 Å². The van der Waals surface area contributed by atoms with Crippen molar-refractivity contribution in [2.75, 3.05) is 4.90 Å². The van der Waals surface area contributed by atoms with Crippen LogP contribution in [0.3, 0.4) is 0 Å². The molecule has 0 spiro atoms. The zero-order valence-electron chi connectivity index (χ0n) is 32.7. The molecule has 2 nitrogen and oxygen atoms in total. The smallest absolute Gasteiger partial charge is 0.143 e. The van der Waals surface area contributed by atoms with Gasteiger partial charge in [-0.2, -0.15) is 0 Å². The van der Waals surface area contributed by atoms with Gasteiger partial charge in [0.2, 0.25) is 0 Å². The molecule has 0 radical (unpaired) electrons. The molecule has 280 valence electrons. The van der Waals surface area contributed by atoms with Gasteiger partial charge in [-0.3, -0.25) is 0 Å². The lowest BCUT2D eigenvalue weighted by Gasteiger charge is -2.28. The minimum Gasteiger partial charge on any atom is -0.455 e. The van der Waals surface area contributed by atoms with Crippen LogP contribution < -0.4 is 4.90 Å². The van der Waals surface area contributed by atoms with Crippen molar-refractivity contribution in [2.45, 2.75) is 0 Å². The van der Waals surface area contributed by atoms with Gasteiger partial charge in [0.25, 0.3) is 0 Å². The molecule has 0 saturated heterocycles. The summed E-state index contributed by atoms with van der Waals surface area (Å²) >= 11 is 0. The average molecular weight is 764 g/mol. The summed E-state index contributed by atoms with van der Waals surface area (Å²) in [5, 5.41) is 12.0. The Balaban J connectivity index is 0.990. The number of para-hydroxylation sites is 1. The molecule has 0 N–H and O–H groups in total. The Morgan fingerprint density at radius 3 is 1.73 bits per heavy atom. The molecule has 0 bridgehead atoms. The molecule has 0 aliphatic rings. The third kappa shape index (κ3) is 5.73. The average Bonchev–Trinajstić information content (AvgIpc) is 3.70. The maximum Gasteiger partial charge on any atom is 0.143 e. The van der Waals surface area contributed by atoms with Crippen LogP contribution >= 0.6 is 0 Å². The summed E-state index contributed by atoms with van der Waals surface area (Å²) in [7, 11) is 0. The van der Waals surface area contributed by atoms with Crippen LogP contribution in [-0.2, 0) is 0 Å². The van der Waals surface area contributed by atoms with Crippen LogP contribution in [0.15, 0.2) is 229 Å². The van der Waals surface area contributed by atoms with Gasteiger partial charge in [-0.1, -0.05) is 164 Å². The first-order valence-corrected chi connectivity index (χ1v) is 20.6. The number of hydrogen-bond donors (Lipinski definition) is 0. The van der Waals surface area contributed by atoms with Crippen LogP contribution in [0.5, 0.6) is 0 Å². The lowest BCUT2D eigenvalue weighted by atomic mass is 9.96. The molecule has 0 amide bonds. The molecule has 0 atom stereocenters. The van der Waals surface area contributed by atoms with E-state index in [0.717, 1.165) is 55.5 Å². The summed E-state index contributed by atoms with van der Waals surface area (Å²) in [6.45, 7) is 0. The highest BCUT2D eigenvalue weighted by Crippen LogP contribution is 2.44. The molecular weight excluding hydrogens is 727 g/mol. The quantitative estimate of drug-likeness (QED) is 0.157. The number of fused-ring (bicyclic) bond motifs is 9. The van der Waals surface area contributed by atoms with Crippen LogP contribution in [-0.4, -0.2) is 0 Å². The van der Waals surface area contributed by atoms with E-state index in [1.54, 1.807) is 0 Å². The second kappa shape index (κ2) is 13.9. The maximum atomic E-state index is 6.53. The van der Waals surface area contributed by atoms with Crippen LogP contribution in [0.2, 0.25) is 0 Å². The minimum atomic E-state index is 0.890. The van der Waals surface area contributed by atoms with Crippen molar-refractivity contribution in [3.8, 4) is 33.4 Å². The first kappa shape index (κ1) is 34.1. The molecule has 12 rings (SSSR count). The first-order valence-electron chi connectivity index (χ1n) is 20.6. The Morgan fingerprint density at radius 1 is 0.283 bits per heavy atom. The zero-order chi connectivity index (χ0) is 39.6. The van der Waals surface area contributed by atoms with E-state index in [1.807, 2.05) is 0 Å². The third-order valence-corrected chi connectivity index (χ3v) is 12.2. The largest absolute Gasteiger partial charge is 0.455 e. The van der Waals surface area contributed by atoms with Gasteiger partial charge < -0.3 is 9.32 Å². The van der Waals surface area contributed by atoms with Crippen molar-refractivity contribution in [3.63, 3.8) is 0 Å². The Morgan fingerprint density at radius 2 is 0.867 bits per heavy atom. The molecular formula is C58H37NO. The van der Waals surface area contributed by atoms with Crippen LogP contribution in [0.25, 0.3) is 98.4 Å². The van der Waals surface area contributed by atoms with Gasteiger partial charge in [0, 0.05) is 33.1 Å². The van der Waals surface area contributed by atoms with Gasteiger partial charge in [0.1, 0.15) is 11.2 Å². The summed E-state index contributed by atoms with van der Waals surface area (Å²) in [6, 6.07) is 81.4. The highest BCUT2D eigenvalue weighted by Gasteiger charge is 2.20. The van der Waals surface area contributed by atoms with Gasteiger partial charge in [-0.15, -0.1) is 0 Å². The number of nitrogens with zero attached hydrogens (tertiary/aromatic N) is 1. The first-order chi connectivity index (χ1) is 29.7. The monoisotopic (exact) mass is 763 g/mol. The highest BCUT2D eigenvalue weighted by molar-refractivity contribution is 6.16. The maximum absolute atomic E-state index is 6.53. The molecule has 1 heterocycles. The van der Waals surface area contributed by atoms with E-state index in [2.05, 4.69) is 229 Å². The van der Waals surface area contributed by atoms with Gasteiger partial charge >= 0.3 is 0 Å². The van der Waals surface area contributed by atoms with E-state index in [4.69, 9.17) is 4.42 Å². The second-order valence-corrected chi connectivity index (χ2v) is 15.7. The molecule has 11 aromatic carbocycles. The van der Waals surface area contributed by atoms with E-state index < -0.39 is 0 Å². The summed E-state index contributed by atoms with van der Waals surface area (Å²) < 4.78 is 6.53. The summed E-state index contributed by atoms with van der Waals surface area (Å²) in [6.07, 6.45) is 0. The van der Waals surface area contributed by atoms with E-state index in [1.165, 1.54) is 60.0 Å². The van der Waals surface area contributed by atoms with Gasteiger partial charge in [-0.25, -0.2) is 0 Å². The molecule has 12 aromatic rings. The lowest BCUT2D eigenvalue weighted by Crippen LogP contribution is -2.11. The molecule has 60 heavy (non-hydrogen) atoms. The van der Waals surface area contributed by atoms with Crippen molar-refractivity contribution in [1.82, 2.24) is 0 Å². The van der Waals surface area contributed by atoms with Crippen molar-refractivity contribution in [2.24, 2.45) is 0 Å². The number of furan rings is 1. The van der Waals surface area contributed by atoms with Gasteiger partial charge in [0.15, 0.2) is 0 Å². The summed E-state index contributed by atoms with van der Waals surface area (Å²) in [5.74, 6) is 0. The third-order valence-electron chi connectivity index (χ3n) is 12.2. The van der Waals surface area contributed by atoms with E-state index in [-0.39, 0.29) is 0 Å². The van der Waals surface area contributed by atoms with Crippen molar-refractivity contribution in [1.29, 1.82) is 0 Å². The Bertz CT molecular complexity index is 3610. The Labute approximate surface area is 347 Å². The van der Waals surface area contributed by atoms with Crippen molar-refractivity contribution < 1.29 is 4.42 Å². The second-order valence-electron chi connectivity index (χ2n) is 15.7. The highest BCUT2D eigenvalue weighted by atomic mass is 16.3. The Hall–Kier alpha value is -7.94. The zero-order valence-corrected chi connectivity index (χ0v) is 32.7. The topological polar surface area (TPSA) is 16.4 Å². The normalized spacial score (nSPS) is 11.7. The molecule has 0 aliphatic carbocycles. The molecule has 0 unspecified atom stereocenters. The minimum absolute atomic E-state index is 0.890. The standard InChI is InChI=1S/C58H37NO/c1-2-13-42-35-45(22-20-38(42)10-1)44-15-9-14-43(34-44)39-24-28-48(29-25-39)59(49-30-32-51-46(36-49)23-21-40-11-3-5-16-50(40)51)56-19-8-7-17-52(56)47-27-33-57-55(37-47)54-31-26-41-12-4-6-18-53(41)58(54)60-57/h1-37H. The van der Waals surface area contributed by atoms with Crippen LogP contribution in [0.4, 0.5) is 17.1 Å². The van der Waals surface area contributed by atoms with E-state index in [9.17, 15) is 0 Å². The Kier molecular flexibility index (Phi) is 7.89. The number of anilines is 3. The predicted octanol–water partition coefficient (Wildman–Crippen LogP) is 16.7. The van der Waals surface area contributed by atoms with E-state index in [0.29, 0.717) is 0 Å². The van der Waals surface area contributed by atoms with Crippen molar-refractivity contribution >= 4 is 82.1 Å². The molecule has 0 fully saturated rings. The molecule has 1 aromatic heterocycles.